The zero-order valence-electron chi connectivity index (χ0n) is 5.68. The highest BCUT2D eigenvalue weighted by Crippen LogP contribution is 2.02. The first-order valence-corrected chi connectivity index (χ1v) is 3.12. The van der Waals surface area contributed by atoms with Gasteiger partial charge < -0.3 is 5.73 Å². The zero-order chi connectivity index (χ0) is 7.28. The Bertz CT molecular complexity index is 93.1. The second-order valence-corrected chi connectivity index (χ2v) is 2.20. The Labute approximate surface area is 55.4 Å². The molecule has 3 heteroatoms. The Morgan fingerprint density at radius 2 is 2.33 bits per heavy atom. The van der Waals surface area contributed by atoms with E-state index in [1.807, 2.05) is 0 Å². The minimum atomic E-state index is -0.261. The molecule has 0 saturated carbocycles. The standard InChI is InChI=1S/C6H13N2O/c1-5(6(8)9)3-2-4-7/h5,7H,2-4H2,1H3,(H2,8,9). The van der Waals surface area contributed by atoms with Crippen LogP contribution in [0.4, 0.5) is 0 Å². The monoisotopic (exact) mass is 129 g/mol. The highest BCUT2D eigenvalue weighted by Gasteiger charge is 2.05. The van der Waals surface area contributed by atoms with Crippen molar-refractivity contribution in [2.24, 2.45) is 11.7 Å². The summed E-state index contributed by atoms with van der Waals surface area (Å²) in [7, 11) is 0. The van der Waals surface area contributed by atoms with Crippen LogP contribution in [0.2, 0.25) is 0 Å². The maximum atomic E-state index is 10.4. The second kappa shape index (κ2) is 4.32. The fraction of sp³-hybridized carbons (Fsp3) is 0.833. The van der Waals surface area contributed by atoms with E-state index in [-0.39, 0.29) is 11.8 Å². The Morgan fingerprint density at radius 1 is 1.78 bits per heavy atom. The number of amides is 1. The van der Waals surface area contributed by atoms with E-state index in [0.29, 0.717) is 6.54 Å². The number of primary amides is 1. The van der Waals surface area contributed by atoms with E-state index in [4.69, 9.17) is 11.5 Å². The van der Waals surface area contributed by atoms with Gasteiger partial charge in [0.25, 0.3) is 0 Å². The molecule has 9 heavy (non-hydrogen) atoms. The third-order valence-electron chi connectivity index (χ3n) is 1.30. The first-order chi connectivity index (χ1) is 4.18. The van der Waals surface area contributed by atoms with E-state index in [9.17, 15) is 4.79 Å². The molecule has 0 aromatic carbocycles. The number of carbonyl (C=O) groups excluding carboxylic acids is 1. The molecule has 53 valence electrons. The van der Waals surface area contributed by atoms with Gasteiger partial charge in [-0.3, -0.25) is 10.5 Å². The lowest BCUT2D eigenvalue weighted by atomic mass is 10.1. The van der Waals surface area contributed by atoms with Crippen LogP contribution >= 0.6 is 0 Å². The number of hydrogen-bond acceptors (Lipinski definition) is 1. The molecule has 3 N–H and O–H groups in total. The summed E-state index contributed by atoms with van der Waals surface area (Å²) in [5, 5.41) is 0. The van der Waals surface area contributed by atoms with Crippen LogP contribution in [-0.4, -0.2) is 12.5 Å². The molecule has 0 spiro atoms. The maximum absolute atomic E-state index is 10.4. The van der Waals surface area contributed by atoms with Crippen LogP contribution < -0.4 is 11.5 Å². The van der Waals surface area contributed by atoms with E-state index in [1.165, 1.54) is 0 Å². The molecule has 0 aliphatic heterocycles. The molecule has 0 aliphatic rings. The number of nitrogens with one attached hydrogen (secondary N) is 1. The molecule has 0 bridgehead atoms. The number of carbonyl (C=O) groups is 1. The minimum absolute atomic E-state index is 0.0599. The fourth-order valence-corrected chi connectivity index (χ4v) is 0.551. The average Bonchev–Trinajstić information content (AvgIpc) is 1.82. The van der Waals surface area contributed by atoms with Gasteiger partial charge in [-0.25, -0.2) is 0 Å². The van der Waals surface area contributed by atoms with Crippen LogP contribution in [0.3, 0.4) is 0 Å². The lowest BCUT2D eigenvalue weighted by Crippen LogP contribution is -2.20. The SMILES string of the molecule is CC(CCC[NH])C(N)=O. The molecular weight excluding hydrogens is 116 g/mol. The van der Waals surface area contributed by atoms with E-state index in [1.54, 1.807) is 6.92 Å². The van der Waals surface area contributed by atoms with Gasteiger partial charge in [0.15, 0.2) is 0 Å². The van der Waals surface area contributed by atoms with Gasteiger partial charge in [-0.15, -0.1) is 0 Å². The number of hydrogen-bond donors (Lipinski definition) is 1. The predicted molar refractivity (Wildman–Crippen MR) is 35.6 cm³/mol. The summed E-state index contributed by atoms with van der Waals surface area (Å²) in [6, 6.07) is 0. The molecule has 0 aromatic heterocycles. The van der Waals surface area contributed by atoms with Crippen molar-refractivity contribution >= 4 is 5.91 Å². The summed E-state index contributed by atoms with van der Waals surface area (Å²) >= 11 is 0. The van der Waals surface area contributed by atoms with Crippen molar-refractivity contribution in [3.8, 4) is 0 Å². The van der Waals surface area contributed by atoms with E-state index in [0.717, 1.165) is 12.8 Å². The topological polar surface area (TPSA) is 66.9 Å². The molecule has 1 amide bonds. The van der Waals surface area contributed by atoms with Gasteiger partial charge in [-0.2, -0.15) is 0 Å². The summed E-state index contributed by atoms with van der Waals surface area (Å²) < 4.78 is 0. The number of rotatable bonds is 4. The van der Waals surface area contributed by atoms with Crippen LogP contribution in [-0.2, 0) is 4.79 Å². The zero-order valence-corrected chi connectivity index (χ0v) is 5.68. The molecule has 0 saturated heterocycles. The first-order valence-electron chi connectivity index (χ1n) is 3.12. The molecule has 0 fully saturated rings. The van der Waals surface area contributed by atoms with Gasteiger partial charge in [0.05, 0.1) is 0 Å². The quantitative estimate of drug-likeness (QED) is 0.577. The Kier molecular flexibility index (Phi) is 4.05. The van der Waals surface area contributed by atoms with Crippen LogP contribution in [0.5, 0.6) is 0 Å². The minimum Gasteiger partial charge on any atom is -0.369 e. The van der Waals surface area contributed by atoms with E-state index >= 15 is 0 Å². The third kappa shape index (κ3) is 3.97. The smallest absolute Gasteiger partial charge is 0.220 e. The van der Waals surface area contributed by atoms with Crippen LogP contribution in [0.15, 0.2) is 0 Å². The summed E-state index contributed by atoms with van der Waals surface area (Å²) in [5.41, 5.74) is 11.8. The molecule has 1 unspecified atom stereocenters. The van der Waals surface area contributed by atoms with Gasteiger partial charge >= 0.3 is 0 Å². The van der Waals surface area contributed by atoms with Gasteiger partial charge in [0.2, 0.25) is 5.91 Å². The maximum Gasteiger partial charge on any atom is 0.220 e. The van der Waals surface area contributed by atoms with Gasteiger partial charge in [0, 0.05) is 12.5 Å². The highest BCUT2D eigenvalue weighted by molar-refractivity contribution is 5.76. The normalized spacial score (nSPS) is 13.1. The summed E-state index contributed by atoms with van der Waals surface area (Å²) in [5.74, 6) is -0.321. The molecule has 0 aromatic rings. The van der Waals surface area contributed by atoms with Crippen molar-refractivity contribution in [3.63, 3.8) is 0 Å². The Hall–Kier alpha value is -0.570. The largest absolute Gasteiger partial charge is 0.369 e. The first kappa shape index (κ1) is 8.43. The highest BCUT2D eigenvalue weighted by atomic mass is 16.1. The van der Waals surface area contributed by atoms with Crippen LogP contribution in [0.25, 0.3) is 0 Å². The van der Waals surface area contributed by atoms with Crippen molar-refractivity contribution in [1.29, 1.82) is 0 Å². The van der Waals surface area contributed by atoms with Crippen LogP contribution in [0.1, 0.15) is 19.8 Å². The summed E-state index contributed by atoms with van der Waals surface area (Å²) in [6.45, 7) is 2.18. The molecule has 3 nitrogen and oxygen atoms in total. The molecule has 0 rings (SSSR count). The van der Waals surface area contributed by atoms with Crippen molar-refractivity contribution in [3.05, 3.63) is 0 Å². The molecule has 1 radical (unpaired) electrons. The fourth-order valence-electron chi connectivity index (χ4n) is 0.551. The summed E-state index contributed by atoms with van der Waals surface area (Å²) in [6.07, 6.45) is 1.52. The van der Waals surface area contributed by atoms with Gasteiger partial charge in [0.1, 0.15) is 0 Å². The third-order valence-corrected chi connectivity index (χ3v) is 1.30. The average molecular weight is 129 g/mol. The predicted octanol–water partition coefficient (Wildman–Crippen LogP) is 0.171. The molecule has 0 heterocycles. The Balaban J connectivity index is 3.27. The molecular formula is C6H13N2O. The molecule has 0 aliphatic carbocycles. The van der Waals surface area contributed by atoms with Crippen LogP contribution in [0, 0.1) is 5.92 Å². The summed E-state index contributed by atoms with van der Waals surface area (Å²) in [4.78, 5) is 10.4. The Morgan fingerprint density at radius 3 is 2.67 bits per heavy atom. The van der Waals surface area contributed by atoms with Crippen molar-refractivity contribution in [2.75, 3.05) is 6.54 Å². The lowest BCUT2D eigenvalue weighted by molar-refractivity contribution is -0.121. The van der Waals surface area contributed by atoms with E-state index < -0.39 is 0 Å². The van der Waals surface area contributed by atoms with Crippen molar-refractivity contribution in [2.45, 2.75) is 19.8 Å². The van der Waals surface area contributed by atoms with E-state index in [2.05, 4.69) is 0 Å². The van der Waals surface area contributed by atoms with Gasteiger partial charge in [-0.1, -0.05) is 6.92 Å². The van der Waals surface area contributed by atoms with Crippen molar-refractivity contribution < 1.29 is 4.79 Å². The molecule has 1 atom stereocenters. The lowest BCUT2D eigenvalue weighted by Gasteiger charge is -2.03. The van der Waals surface area contributed by atoms with Crippen molar-refractivity contribution in [1.82, 2.24) is 5.73 Å². The van der Waals surface area contributed by atoms with Gasteiger partial charge in [-0.05, 0) is 12.8 Å². The number of nitrogens with two attached hydrogens (primary N) is 1. The second-order valence-electron chi connectivity index (χ2n) is 2.20.